The van der Waals surface area contributed by atoms with Crippen molar-refractivity contribution in [3.05, 3.63) is 23.8 Å². The maximum absolute atomic E-state index is 11.6. The van der Waals surface area contributed by atoms with Crippen LogP contribution in [0.3, 0.4) is 0 Å². The predicted molar refractivity (Wildman–Crippen MR) is 68.3 cm³/mol. The van der Waals surface area contributed by atoms with Gasteiger partial charge in [-0.1, -0.05) is 20.3 Å². The van der Waals surface area contributed by atoms with Gasteiger partial charge in [-0.05, 0) is 36.6 Å². The Morgan fingerprint density at radius 1 is 1.50 bits per heavy atom. The molecule has 0 bridgehead atoms. The van der Waals surface area contributed by atoms with Crippen LogP contribution in [0.2, 0.25) is 0 Å². The first-order valence-electron chi connectivity index (χ1n) is 5.69. The molecule has 0 heterocycles. The molecular weight excluding hydrogens is 200 g/mol. The summed E-state index contributed by atoms with van der Waals surface area (Å²) >= 11 is 0. The number of carbonyl (C=O) groups excluding carboxylic acids is 1. The van der Waals surface area contributed by atoms with Gasteiger partial charge in [0.1, 0.15) is 0 Å². The molecule has 0 aliphatic heterocycles. The second-order valence-electron chi connectivity index (χ2n) is 4.34. The van der Waals surface area contributed by atoms with Gasteiger partial charge in [0.05, 0.1) is 0 Å². The first kappa shape index (κ1) is 12.6. The van der Waals surface area contributed by atoms with Crippen LogP contribution in [-0.4, -0.2) is 5.91 Å². The third-order valence-corrected chi connectivity index (χ3v) is 2.78. The Kier molecular flexibility index (Phi) is 4.35. The van der Waals surface area contributed by atoms with Crippen LogP contribution in [0.1, 0.15) is 32.3 Å². The molecule has 0 saturated heterocycles. The lowest BCUT2D eigenvalue weighted by Gasteiger charge is -2.10. The van der Waals surface area contributed by atoms with Crippen molar-refractivity contribution in [2.75, 3.05) is 11.1 Å². The van der Waals surface area contributed by atoms with Crippen molar-refractivity contribution in [3.8, 4) is 0 Å². The van der Waals surface area contributed by atoms with E-state index in [1.54, 1.807) is 0 Å². The Hall–Kier alpha value is -1.51. The standard InChI is InChI=1S/C13H20N2O/c1-4-9(2)7-13(16)15-11-5-6-12(14)10(3)8-11/h5-6,8-9H,4,7,14H2,1-3H3,(H,15,16). The maximum Gasteiger partial charge on any atom is 0.224 e. The SMILES string of the molecule is CCC(C)CC(=O)Nc1ccc(N)c(C)c1. The average Bonchev–Trinajstić information content (AvgIpc) is 2.23. The highest BCUT2D eigenvalue weighted by Crippen LogP contribution is 2.17. The number of nitrogens with one attached hydrogen (secondary N) is 1. The summed E-state index contributed by atoms with van der Waals surface area (Å²) in [6.45, 7) is 6.10. The van der Waals surface area contributed by atoms with Crippen molar-refractivity contribution >= 4 is 17.3 Å². The van der Waals surface area contributed by atoms with Gasteiger partial charge in [0.25, 0.3) is 0 Å². The minimum absolute atomic E-state index is 0.0681. The lowest BCUT2D eigenvalue weighted by Crippen LogP contribution is -2.14. The fourth-order valence-electron chi connectivity index (χ4n) is 1.43. The fourth-order valence-corrected chi connectivity index (χ4v) is 1.43. The van der Waals surface area contributed by atoms with Crippen LogP contribution in [0.4, 0.5) is 11.4 Å². The van der Waals surface area contributed by atoms with Gasteiger partial charge in [-0.15, -0.1) is 0 Å². The molecule has 0 saturated carbocycles. The molecule has 0 aromatic heterocycles. The zero-order valence-electron chi connectivity index (χ0n) is 10.2. The number of benzene rings is 1. The number of carbonyl (C=O) groups is 1. The van der Waals surface area contributed by atoms with E-state index in [2.05, 4.69) is 19.2 Å². The van der Waals surface area contributed by atoms with E-state index >= 15 is 0 Å². The molecule has 0 aliphatic rings. The number of anilines is 2. The molecule has 3 nitrogen and oxygen atoms in total. The zero-order valence-corrected chi connectivity index (χ0v) is 10.2. The van der Waals surface area contributed by atoms with Gasteiger partial charge in [0.2, 0.25) is 5.91 Å². The van der Waals surface area contributed by atoms with Crippen molar-refractivity contribution in [1.29, 1.82) is 0 Å². The van der Waals surface area contributed by atoms with Crippen molar-refractivity contribution in [3.63, 3.8) is 0 Å². The Morgan fingerprint density at radius 3 is 2.75 bits per heavy atom. The van der Waals surface area contributed by atoms with Crippen molar-refractivity contribution in [1.82, 2.24) is 0 Å². The van der Waals surface area contributed by atoms with Crippen molar-refractivity contribution in [2.45, 2.75) is 33.6 Å². The van der Waals surface area contributed by atoms with E-state index in [0.717, 1.165) is 23.4 Å². The van der Waals surface area contributed by atoms with Gasteiger partial charge >= 0.3 is 0 Å². The topological polar surface area (TPSA) is 55.1 Å². The van der Waals surface area contributed by atoms with Crippen molar-refractivity contribution < 1.29 is 4.79 Å². The van der Waals surface area contributed by atoms with E-state index in [-0.39, 0.29) is 5.91 Å². The van der Waals surface area contributed by atoms with Gasteiger partial charge in [0, 0.05) is 17.8 Å². The van der Waals surface area contributed by atoms with Gasteiger partial charge in [-0.2, -0.15) is 0 Å². The molecule has 3 N–H and O–H groups in total. The normalized spacial score (nSPS) is 12.2. The van der Waals surface area contributed by atoms with Crippen LogP contribution in [-0.2, 0) is 4.79 Å². The Bertz CT molecular complexity index is 374. The molecule has 1 unspecified atom stereocenters. The lowest BCUT2D eigenvalue weighted by atomic mass is 10.0. The number of amides is 1. The monoisotopic (exact) mass is 220 g/mol. The van der Waals surface area contributed by atoms with E-state index in [1.165, 1.54) is 0 Å². The van der Waals surface area contributed by atoms with E-state index < -0.39 is 0 Å². The zero-order chi connectivity index (χ0) is 12.1. The summed E-state index contributed by atoms with van der Waals surface area (Å²) in [6, 6.07) is 5.54. The molecule has 1 amide bonds. The van der Waals surface area contributed by atoms with E-state index in [4.69, 9.17) is 5.73 Å². The quantitative estimate of drug-likeness (QED) is 0.766. The minimum Gasteiger partial charge on any atom is -0.399 e. The smallest absolute Gasteiger partial charge is 0.224 e. The van der Waals surface area contributed by atoms with E-state index in [0.29, 0.717) is 12.3 Å². The summed E-state index contributed by atoms with van der Waals surface area (Å²) in [5, 5.41) is 2.88. The first-order valence-corrected chi connectivity index (χ1v) is 5.69. The minimum atomic E-state index is 0.0681. The molecule has 3 heteroatoms. The fraction of sp³-hybridized carbons (Fsp3) is 0.462. The summed E-state index contributed by atoms with van der Waals surface area (Å²) in [7, 11) is 0. The number of hydrogen-bond donors (Lipinski definition) is 2. The Labute approximate surface area is 97.0 Å². The molecule has 0 aliphatic carbocycles. The molecule has 1 aromatic rings. The summed E-state index contributed by atoms with van der Waals surface area (Å²) < 4.78 is 0. The second kappa shape index (κ2) is 5.54. The van der Waals surface area contributed by atoms with Crippen LogP contribution in [0.5, 0.6) is 0 Å². The third kappa shape index (κ3) is 3.57. The number of nitrogens with two attached hydrogens (primary N) is 1. The maximum atomic E-state index is 11.6. The highest BCUT2D eigenvalue weighted by atomic mass is 16.1. The number of rotatable bonds is 4. The number of nitrogen functional groups attached to an aromatic ring is 1. The second-order valence-corrected chi connectivity index (χ2v) is 4.34. The largest absolute Gasteiger partial charge is 0.399 e. The van der Waals surface area contributed by atoms with Gasteiger partial charge in [-0.3, -0.25) is 4.79 Å². The highest BCUT2D eigenvalue weighted by Gasteiger charge is 2.07. The lowest BCUT2D eigenvalue weighted by molar-refractivity contribution is -0.117. The van der Waals surface area contributed by atoms with Crippen LogP contribution >= 0.6 is 0 Å². The van der Waals surface area contributed by atoms with Crippen LogP contribution in [0.15, 0.2) is 18.2 Å². The summed E-state index contributed by atoms with van der Waals surface area (Å²) in [5.41, 5.74) is 8.27. The van der Waals surface area contributed by atoms with Gasteiger partial charge < -0.3 is 11.1 Å². The van der Waals surface area contributed by atoms with Crippen molar-refractivity contribution in [2.24, 2.45) is 5.92 Å². The molecule has 88 valence electrons. The molecule has 1 aromatic carbocycles. The summed E-state index contributed by atoms with van der Waals surface area (Å²) in [5.74, 6) is 0.494. The summed E-state index contributed by atoms with van der Waals surface area (Å²) in [6.07, 6.45) is 1.59. The van der Waals surface area contributed by atoms with Gasteiger partial charge in [0.15, 0.2) is 0 Å². The highest BCUT2D eigenvalue weighted by molar-refractivity contribution is 5.91. The van der Waals surface area contributed by atoms with Crippen LogP contribution in [0.25, 0.3) is 0 Å². The van der Waals surface area contributed by atoms with Crippen LogP contribution < -0.4 is 11.1 Å². The van der Waals surface area contributed by atoms with Crippen LogP contribution in [0, 0.1) is 12.8 Å². The first-order chi connectivity index (χ1) is 7.52. The molecule has 1 rings (SSSR count). The Balaban J connectivity index is 2.59. The molecule has 0 radical (unpaired) electrons. The van der Waals surface area contributed by atoms with Gasteiger partial charge in [-0.25, -0.2) is 0 Å². The van der Waals surface area contributed by atoms with E-state index in [9.17, 15) is 4.79 Å². The third-order valence-electron chi connectivity index (χ3n) is 2.78. The molecule has 1 atom stereocenters. The summed E-state index contributed by atoms with van der Waals surface area (Å²) in [4.78, 5) is 11.6. The number of hydrogen-bond acceptors (Lipinski definition) is 2. The molecule has 16 heavy (non-hydrogen) atoms. The predicted octanol–water partition coefficient (Wildman–Crippen LogP) is 2.95. The number of aryl methyl sites for hydroxylation is 1. The molecular formula is C13H20N2O. The van der Waals surface area contributed by atoms with E-state index in [1.807, 2.05) is 25.1 Å². The molecule has 0 fully saturated rings. The Morgan fingerprint density at radius 2 is 2.19 bits per heavy atom. The average molecular weight is 220 g/mol. The molecule has 0 spiro atoms.